The van der Waals surface area contributed by atoms with E-state index in [1.165, 1.54) is 32.5 Å². The Labute approximate surface area is 587 Å². The molecule has 101 heavy (non-hydrogen) atoms. The van der Waals surface area contributed by atoms with Gasteiger partial charge in [0.25, 0.3) is 6.71 Å². The molecule has 4 heterocycles. The maximum Gasteiger partial charge on any atom is 0.252 e. The number of anilines is 6. The lowest BCUT2D eigenvalue weighted by molar-refractivity contribution is 1.17. The molecule has 2 aliphatic rings. The third kappa shape index (κ3) is 9.24. The summed E-state index contributed by atoms with van der Waals surface area (Å²) in [4.78, 5) is 5.42. The van der Waals surface area contributed by atoms with Gasteiger partial charge in [0.15, 0.2) is 0 Å². The molecule has 2 aromatic heterocycles. The number of benzene rings is 16. The quantitative estimate of drug-likeness (QED) is 0.120. The Morgan fingerprint density at radius 2 is 0.545 bits per heavy atom. The van der Waals surface area contributed by atoms with Crippen molar-refractivity contribution in [3.63, 3.8) is 0 Å². The minimum atomic E-state index is -0.286. The van der Waals surface area contributed by atoms with Crippen molar-refractivity contribution < 1.29 is 0 Å². The molecule has 0 unspecified atom stereocenters. The molecule has 18 aromatic rings. The molecule has 0 spiro atoms. The highest BCUT2D eigenvalue weighted by Gasteiger charge is 2.47. The number of hydrogen-bond donors (Lipinski definition) is 0. The lowest BCUT2D eigenvalue weighted by atomic mass is 9.33. The zero-order valence-corrected chi connectivity index (χ0v) is 55.2. The van der Waals surface area contributed by atoms with Gasteiger partial charge in [0.05, 0.1) is 44.8 Å². The molecule has 0 fully saturated rings. The lowest BCUT2D eigenvalue weighted by Crippen LogP contribution is -2.61. The molecule has 0 N–H and O–H groups in total. The summed E-state index contributed by atoms with van der Waals surface area (Å²) in [5.41, 5.74) is 33.0. The summed E-state index contributed by atoms with van der Waals surface area (Å²) in [6, 6.07) is 142. The van der Waals surface area contributed by atoms with Crippen molar-refractivity contribution in [2.24, 2.45) is 0 Å². The van der Waals surface area contributed by atoms with Crippen LogP contribution in [0.2, 0.25) is 0 Å². The van der Waals surface area contributed by atoms with Crippen molar-refractivity contribution in [2.75, 3.05) is 9.80 Å². The summed E-state index contributed by atoms with van der Waals surface area (Å²) in [6.07, 6.45) is 0. The van der Waals surface area contributed by atoms with E-state index < -0.39 is 0 Å². The van der Waals surface area contributed by atoms with E-state index in [1.807, 2.05) is 0 Å². The molecule has 470 valence electrons. The number of aromatic nitrogens is 2. The van der Waals surface area contributed by atoms with Gasteiger partial charge in [0.1, 0.15) is 0 Å². The predicted octanol–water partition coefficient (Wildman–Crippen LogP) is 23.6. The summed E-state index contributed by atoms with van der Waals surface area (Å²) >= 11 is 0. The molecule has 4 nitrogen and oxygen atoms in total. The summed E-state index contributed by atoms with van der Waals surface area (Å²) in [6.45, 7) is -0.286. The fraction of sp³-hybridized carbons (Fsp3) is 0. The number of rotatable bonds is 11. The van der Waals surface area contributed by atoms with Gasteiger partial charge in [-0.3, -0.25) is 0 Å². The first-order valence-electron chi connectivity index (χ1n) is 34.9. The van der Waals surface area contributed by atoms with Crippen LogP contribution in [0.5, 0.6) is 0 Å². The van der Waals surface area contributed by atoms with Crippen LogP contribution in [0.4, 0.5) is 34.1 Å². The van der Waals surface area contributed by atoms with E-state index >= 15 is 0 Å². The fourth-order valence-electron chi connectivity index (χ4n) is 16.8. The first kappa shape index (κ1) is 58.0. The molecule has 5 heteroatoms. The van der Waals surface area contributed by atoms with Crippen molar-refractivity contribution in [3.8, 4) is 89.3 Å². The largest absolute Gasteiger partial charge is 0.310 e. The highest BCUT2D eigenvalue weighted by atomic mass is 15.2. The average molecular weight is 1280 g/mol. The zero-order valence-electron chi connectivity index (χ0n) is 55.2. The monoisotopic (exact) mass is 1280 g/mol. The molecule has 20 rings (SSSR count). The van der Waals surface area contributed by atoms with E-state index in [0.29, 0.717) is 0 Å². The molecule has 0 amide bonds. The van der Waals surface area contributed by atoms with Crippen LogP contribution in [-0.2, 0) is 0 Å². The molecule has 2 aliphatic heterocycles. The second-order valence-corrected chi connectivity index (χ2v) is 26.6. The smallest absolute Gasteiger partial charge is 0.252 e. The maximum absolute atomic E-state index is 2.74. The first-order chi connectivity index (χ1) is 50.2. The van der Waals surface area contributed by atoms with E-state index in [4.69, 9.17) is 0 Å². The van der Waals surface area contributed by atoms with Gasteiger partial charge in [-0.05, 0) is 109 Å². The minimum absolute atomic E-state index is 0.286. The van der Waals surface area contributed by atoms with Crippen LogP contribution in [-0.4, -0.2) is 15.8 Å². The number of fused-ring (bicyclic) bond motifs is 11. The Morgan fingerprint density at radius 3 is 0.980 bits per heavy atom. The predicted molar refractivity (Wildman–Crippen MR) is 427 cm³/mol. The van der Waals surface area contributed by atoms with Crippen LogP contribution in [0.25, 0.3) is 133 Å². The van der Waals surface area contributed by atoms with Gasteiger partial charge in [-0.15, -0.1) is 0 Å². The van der Waals surface area contributed by atoms with Crippen LogP contribution < -0.4 is 26.2 Å². The standard InChI is InChI=1S/C96H63BN4/c1-8-31-64(32-9-1)71-61-89-92-90(62-71)101(95-77(69-41-18-6-19-42-69)52-30-53-78(95)70-43-20-7-21-44-70)96-83(59-60-87-91(96)81-47-24-27-56-86(81)99(87)93-73(65-33-10-2-11-34-65)48-28-49-74(93)66-35-12-3-13-36-66)97(92)82-58-57-72(98-84-54-25-22-45-79(84)80-46-23-26-55-85(80)98)63-88(82)100(89)94-75(67-37-14-4-15-38-67)50-29-51-76(94)68-39-16-5-17-40-68/h1-63H. The molecule has 0 saturated carbocycles. The van der Waals surface area contributed by atoms with E-state index in [1.54, 1.807) is 0 Å². The van der Waals surface area contributed by atoms with Crippen molar-refractivity contribution in [2.45, 2.75) is 0 Å². The van der Waals surface area contributed by atoms with Crippen LogP contribution in [0, 0.1) is 0 Å². The second-order valence-electron chi connectivity index (χ2n) is 26.6. The van der Waals surface area contributed by atoms with Gasteiger partial charge < -0.3 is 18.9 Å². The molecule has 16 aromatic carbocycles. The second kappa shape index (κ2) is 23.8. The van der Waals surface area contributed by atoms with Crippen molar-refractivity contribution >= 4 is 101 Å². The third-order valence-corrected chi connectivity index (χ3v) is 21.1. The average Bonchev–Trinajstić information content (AvgIpc) is 1.64. The van der Waals surface area contributed by atoms with Gasteiger partial charge in [0.2, 0.25) is 0 Å². The van der Waals surface area contributed by atoms with Crippen LogP contribution in [0.1, 0.15) is 0 Å². The Kier molecular flexibility index (Phi) is 13.7. The maximum atomic E-state index is 2.74. The molecule has 0 bridgehead atoms. The van der Waals surface area contributed by atoms with Crippen LogP contribution >= 0.6 is 0 Å². The Bertz CT molecular complexity index is 6020. The molecule has 0 aliphatic carbocycles. The van der Waals surface area contributed by atoms with Gasteiger partial charge >= 0.3 is 0 Å². The molecule has 0 radical (unpaired) electrons. The summed E-state index contributed by atoms with van der Waals surface area (Å²) in [5, 5.41) is 4.78. The highest BCUT2D eigenvalue weighted by Crippen LogP contribution is 2.56. The highest BCUT2D eigenvalue weighted by molar-refractivity contribution is 7.00. The number of nitrogens with zero attached hydrogens (tertiary/aromatic N) is 4. The molecule has 0 saturated heterocycles. The Hall–Kier alpha value is -13.2. The van der Waals surface area contributed by atoms with E-state index in [0.717, 1.165) is 151 Å². The summed E-state index contributed by atoms with van der Waals surface area (Å²) in [5.74, 6) is 0. The normalized spacial score (nSPS) is 12.3. The van der Waals surface area contributed by atoms with Gasteiger partial charge in [0, 0.05) is 77.7 Å². The SMILES string of the molecule is c1ccc(-c2cc3c4c(c2)N(c2c(-c5ccccc5)cccc2-c2ccccc2)c2c(ccc5c2c2ccccc2n5-c2c(-c5ccccc5)cccc2-c2ccccc2)B4c2ccc(-n4c5ccccc5c5ccccc54)cc2N3c2c(-c3ccccc3)cccc2-c2ccccc2)cc1. The van der Waals surface area contributed by atoms with Gasteiger partial charge in [-0.2, -0.15) is 0 Å². The summed E-state index contributed by atoms with van der Waals surface area (Å²) in [7, 11) is 0. The van der Waals surface area contributed by atoms with Crippen molar-refractivity contribution in [1.82, 2.24) is 9.13 Å². The summed E-state index contributed by atoms with van der Waals surface area (Å²) < 4.78 is 5.08. The lowest BCUT2D eigenvalue weighted by Gasteiger charge is -2.46. The van der Waals surface area contributed by atoms with Crippen LogP contribution in [0.3, 0.4) is 0 Å². The number of hydrogen-bond acceptors (Lipinski definition) is 2. The number of para-hydroxylation sites is 6. The van der Waals surface area contributed by atoms with Gasteiger partial charge in [-0.1, -0.05) is 334 Å². The molecular weight excluding hydrogens is 1220 g/mol. The fourth-order valence-corrected chi connectivity index (χ4v) is 16.8. The van der Waals surface area contributed by atoms with E-state index in [-0.39, 0.29) is 6.71 Å². The van der Waals surface area contributed by atoms with E-state index in [2.05, 4.69) is 401 Å². The van der Waals surface area contributed by atoms with E-state index in [9.17, 15) is 0 Å². The Morgan fingerprint density at radius 1 is 0.198 bits per heavy atom. The van der Waals surface area contributed by atoms with Crippen molar-refractivity contribution in [1.29, 1.82) is 0 Å². The zero-order chi connectivity index (χ0) is 66.5. The first-order valence-corrected chi connectivity index (χ1v) is 34.9. The van der Waals surface area contributed by atoms with Crippen LogP contribution in [0.15, 0.2) is 382 Å². The van der Waals surface area contributed by atoms with Gasteiger partial charge in [-0.25, -0.2) is 0 Å². The molecule has 0 atom stereocenters. The topological polar surface area (TPSA) is 16.3 Å². The third-order valence-electron chi connectivity index (χ3n) is 21.1. The minimum Gasteiger partial charge on any atom is -0.310 e. The molecular formula is C96H63BN4. The van der Waals surface area contributed by atoms with Crippen molar-refractivity contribution in [3.05, 3.63) is 382 Å². The Balaban J connectivity index is 0.991.